The molecular formula is C12H14N2O2. The maximum absolute atomic E-state index is 11.1. The lowest BCUT2D eigenvalue weighted by Crippen LogP contribution is -2.01. The van der Waals surface area contributed by atoms with Crippen molar-refractivity contribution >= 4 is 11.8 Å². The van der Waals surface area contributed by atoms with Crippen LogP contribution in [0.3, 0.4) is 0 Å². The Hall–Kier alpha value is -2.02. The van der Waals surface area contributed by atoms with Crippen molar-refractivity contribution < 1.29 is 9.53 Å². The average molecular weight is 218 g/mol. The summed E-state index contributed by atoms with van der Waals surface area (Å²) in [6.07, 6.45) is 0. The number of aromatic nitrogens is 1. The molecule has 84 valence electrons. The molecule has 1 aromatic rings. The van der Waals surface area contributed by atoms with Crippen LogP contribution in [-0.2, 0) is 9.53 Å². The molecule has 0 spiro atoms. The van der Waals surface area contributed by atoms with Crippen LogP contribution in [0.15, 0.2) is 6.07 Å². The largest absolute Gasteiger partial charge is 0.456 e. The summed E-state index contributed by atoms with van der Waals surface area (Å²) >= 11 is 0. The number of rotatable bonds is 1. The molecule has 0 bridgehead atoms. The van der Waals surface area contributed by atoms with Crippen LogP contribution < -0.4 is 5.73 Å². The van der Waals surface area contributed by atoms with Gasteiger partial charge < -0.3 is 10.5 Å². The minimum atomic E-state index is -0.530. The molecule has 1 rings (SSSR count). The SMILES string of the molecule is CCOC(=O)C#Cc1c(C)cc(N)nc1C. The van der Waals surface area contributed by atoms with Crippen molar-refractivity contribution in [1.82, 2.24) is 4.98 Å². The van der Waals surface area contributed by atoms with Gasteiger partial charge in [-0.05, 0) is 32.4 Å². The quantitative estimate of drug-likeness (QED) is 0.568. The Balaban J connectivity index is 3.01. The normalized spacial score (nSPS) is 9.19. The van der Waals surface area contributed by atoms with Crippen molar-refractivity contribution in [2.24, 2.45) is 0 Å². The molecule has 0 aliphatic rings. The van der Waals surface area contributed by atoms with Gasteiger partial charge in [-0.2, -0.15) is 0 Å². The average Bonchev–Trinajstić information content (AvgIpc) is 2.16. The Bertz CT molecular complexity index is 447. The van der Waals surface area contributed by atoms with Crippen LogP contribution in [0.1, 0.15) is 23.7 Å². The van der Waals surface area contributed by atoms with Gasteiger partial charge in [0.05, 0.1) is 12.3 Å². The molecule has 4 nitrogen and oxygen atoms in total. The fraction of sp³-hybridized carbons (Fsp3) is 0.333. The highest BCUT2D eigenvalue weighted by molar-refractivity contribution is 5.89. The number of nitrogen functional groups attached to an aromatic ring is 1. The highest BCUT2D eigenvalue weighted by Crippen LogP contribution is 2.12. The van der Waals surface area contributed by atoms with Crippen molar-refractivity contribution in [3.8, 4) is 11.8 Å². The molecule has 16 heavy (non-hydrogen) atoms. The van der Waals surface area contributed by atoms with Gasteiger partial charge in [0.25, 0.3) is 0 Å². The maximum Gasteiger partial charge on any atom is 0.384 e. The summed E-state index contributed by atoms with van der Waals surface area (Å²) in [4.78, 5) is 15.1. The fourth-order valence-electron chi connectivity index (χ4n) is 1.33. The Labute approximate surface area is 94.8 Å². The number of anilines is 1. The van der Waals surface area contributed by atoms with Gasteiger partial charge in [0, 0.05) is 11.5 Å². The van der Waals surface area contributed by atoms with Crippen molar-refractivity contribution in [3.63, 3.8) is 0 Å². The minimum absolute atomic E-state index is 0.325. The number of ether oxygens (including phenoxy) is 1. The number of esters is 1. The first-order valence-corrected chi connectivity index (χ1v) is 4.97. The zero-order chi connectivity index (χ0) is 12.1. The summed E-state index contributed by atoms with van der Waals surface area (Å²) in [5.41, 5.74) is 7.93. The van der Waals surface area contributed by atoms with E-state index in [0.29, 0.717) is 18.1 Å². The number of hydrogen-bond donors (Lipinski definition) is 1. The number of aryl methyl sites for hydroxylation is 2. The lowest BCUT2D eigenvalue weighted by Gasteiger charge is -2.03. The molecule has 1 aromatic heterocycles. The number of hydrogen-bond acceptors (Lipinski definition) is 4. The highest BCUT2D eigenvalue weighted by Gasteiger charge is 2.03. The van der Waals surface area contributed by atoms with Gasteiger partial charge in [-0.25, -0.2) is 9.78 Å². The van der Waals surface area contributed by atoms with E-state index in [1.807, 2.05) is 6.92 Å². The molecule has 0 aromatic carbocycles. The van der Waals surface area contributed by atoms with E-state index in [9.17, 15) is 4.79 Å². The van der Waals surface area contributed by atoms with E-state index in [-0.39, 0.29) is 0 Å². The maximum atomic E-state index is 11.1. The predicted octanol–water partition coefficient (Wildman–Crippen LogP) is 1.20. The third kappa shape index (κ3) is 2.99. The molecule has 0 saturated carbocycles. The van der Waals surface area contributed by atoms with Gasteiger partial charge in [0.1, 0.15) is 5.82 Å². The van der Waals surface area contributed by atoms with E-state index in [0.717, 1.165) is 11.1 Å². The number of nitrogens with two attached hydrogens (primary N) is 1. The van der Waals surface area contributed by atoms with Crippen LogP contribution in [0.25, 0.3) is 0 Å². The molecule has 0 amide bonds. The second-order valence-corrected chi connectivity index (χ2v) is 3.29. The zero-order valence-electron chi connectivity index (χ0n) is 9.63. The number of pyridine rings is 1. The van der Waals surface area contributed by atoms with E-state index < -0.39 is 5.97 Å². The van der Waals surface area contributed by atoms with E-state index in [4.69, 9.17) is 10.5 Å². The van der Waals surface area contributed by atoms with Gasteiger partial charge in [-0.1, -0.05) is 5.92 Å². The number of carbonyl (C=O) groups is 1. The molecule has 0 aliphatic heterocycles. The van der Waals surface area contributed by atoms with E-state index in [1.165, 1.54) is 0 Å². The Morgan fingerprint density at radius 3 is 2.81 bits per heavy atom. The van der Waals surface area contributed by atoms with Crippen molar-refractivity contribution in [2.45, 2.75) is 20.8 Å². The van der Waals surface area contributed by atoms with E-state index >= 15 is 0 Å². The van der Waals surface area contributed by atoms with Gasteiger partial charge in [0.2, 0.25) is 0 Å². The van der Waals surface area contributed by atoms with Crippen LogP contribution in [0.4, 0.5) is 5.82 Å². The standard InChI is InChI=1S/C12H14N2O2/c1-4-16-12(15)6-5-10-8(2)7-11(13)14-9(10)3/h7H,4H2,1-3H3,(H2,13,14). The molecule has 0 saturated heterocycles. The fourth-order valence-corrected chi connectivity index (χ4v) is 1.33. The second kappa shape index (κ2) is 5.17. The first-order valence-electron chi connectivity index (χ1n) is 4.97. The van der Waals surface area contributed by atoms with E-state index in [2.05, 4.69) is 16.8 Å². The van der Waals surface area contributed by atoms with Gasteiger partial charge in [-0.15, -0.1) is 0 Å². The van der Waals surface area contributed by atoms with Crippen LogP contribution in [0.2, 0.25) is 0 Å². The first-order chi connectivity index (χ1) is 7.54. The Morgan fingerprint density at radius 2 is 2.25 bits per heavy atom. The second-order valence-electron chi connectivity index (χ2n) is 3.29. The molecule has 4 heteroatoms. The Morgan fingerprint density at radius 1 is 1.56 bits per heavy atom. The summed E-state index contributed by atoms with van der Waals surface area (Å²) in [5.74, 6) is 5.09. The monoisotopic (exact) mass is 218 g/mol. The van der Waals surface area contributed by atoms with Gasteiger partial charge >= 0.3 is 5.97 Å². The molecule has 0 atom stereocenters. The minimum Gasteiger partial charge on any atom is -0.456 e. The third-order valence-electron chi connectivity index (χ3n) is 1.98. The highest BCUT2D eigenvalue weighted by atomic mass is 16.5. The summed E-state index contributed by atoms with van der Waals surface area (Å²) in [6.45, 7) is 5.74. The zero-order valence-corrected chi connectivity index (χ0v) is 9.63. The lowest BCUT2D eigenvalue weighted by atomic mass is 10.1. The first kappa shape index (κ1) is 12.1. The van der Waals surface area contributed by atoms with Crippen LogP contribution in [0, 0.1) is 25.7 Å². The van der Waals surface area contributed by atoms with Gasteiger partial charge in [0.15, 0.2) is 0 Å². The molecular weight excluding hydrogens is 204 g/mol. The molecule has 2 N–H and O–H groups in total. The smallest absolute Gasteiger partial charge is 0.384 e. The number of carbonyl (C=O) groups excluding carboxylic acids is 1. The molecule has 0 radical (unpaired) electrons. The Kier molecular flexibility index (Phi) is 3.90. The van der Waals surface area contributed by atoms with Crippen molar-refractivity contribution in [1.29, 1.82) is 0 Å². The summed E-state index contributed by atoms with van der Waals surface area (Å²) in [6, 6.07) is 1.72. The van der Waals surface area contributed by atoms with Crippen LogP contribution >= 0.6 is 0 Å². The summed E-state index contributed by atoms with van der Waals surface area (Å²) < 4.78 is 4.71. The van der Waals surface area contributed by atoms with Crippen LogP contribution in [-0.4, -0.2) is 17.6 Å². The molecule has 0 aliphatic carbocycles. The van der Waals surface area contributed by atoms with E-state index in [1.54, 1.807) is 19.9 Å². The predicted molar refractivity (Wildman–Crippen MR) is 61.6 cm³/mol. The van der Waals surface area contributed by atoms with Crippen LogP contribution in [0.5, 0.6) is 0 Å². The molecule has 0 unspecified atom stereocenters. The topological polar surface area (TPSA) is 65.2 Å². The lowest BCUT2D eigenvalue weighted by molar-refractivity contribution is -0.136. The molecule has 1 heterocycles. The summed E-state index contributed by atoms with van der Waals surface area (Å²) in [7, 11) is 0. The van der Waals surface area contributed by atoms with Crippen molar-refractivity contribution in [2.75, 3.05) is 12.3 Å². The van der Waals surface area contributed by atoms with Crippen molar-refractivity contribution in [3.05, 3.63) is 22.9 Å². The van der Waals surface area contributed by atoms with Gasteiger partial charge in [-0.3, -0.25) is 0 Å². The number of nitrogens with zero attached hydrogens (tertiary/aromatic N) is 1. The third-order valence-corrected chi connectivity index (χ3v) is 1.98. The summed E-state index contributed by atoms with van der Waals surface area (Å²) in [5, 5.41) is 0. The molecule has 0 fully saturated rings.